The van der Waals surface area contributed by atoms with E-state index < -0.39 is 12.1 Å². The van der Waals surface area contributed by atoms with Crippen LogP contribution in [0.1, 0.15) is 38.6 Å². The molecular weight excluding hydrogens is 448 g/mol. The molecule has 2 heterocycles. The SMILES string of the molecule is CCOC(=O)c1cc(C2COc3ccccc3O2)sc1NC(=S)NC(=O)c1ccccc1. The van der Waals surface area contributed by atoms with Gasteiger partial charge in [-0.15, -0.1) is 11.3 Å². The van der Waals surface area contributed by atoms with E-state index in [1.807, 2.05) is 30.3 Å². The summed E-state index contributed by atoms with van der Waals surface area (Å²) >= 11 is 6.59. The van der Waals surface area contributed by atoms with E-state index in [0.29, 0.717) is 34.2 Å². The van der Waals surface area contributed by atoms with E-state index in [1.165, 1.54) is 11.3 Å². The number of benzene rings is 2. The van der Waals surface area contributed by atoms with Gasteiger partial charge in [0.05, 0.1) is 17.0 Å². The Hall–Kier alpha value is -3.43. The van der Waals surface area contributed by atoms with E-state index in [0.717, 1.165) is 4.88 Å². The zero-order valence-corrected chi connectivity index (χ0v) is 18.8. The van der Waals surface area contributed by atoms with Crippen LogP contribution in [-0.2, 0) is 4.74 Å². The van der Waals surface area contributed by atoms with Gasteiger partial charge in [0.15, 0.2) is 22.7 Å². The number of esters is 1. The topological polar surface area (TPSA) is 85.9 Å². The first kappa shape index (κ1) is 21.8. The lowest BCUT2D eigenvalue weighted by molar-refractivity contribution is 0.0527. The summed E-state index contributed by atoms with van der Waals surface area (Å²) in [6, 6.07) is 17.8. The molecule has 2 N–H and O–H groups in total. The van der Waals surface area contributed by atoms with Crippen LogP contribution in [0.2, 0.25) is 0 Å². The monoisotopic (exact) mass is 468 g/mol. The predicted octanol–water partition coefficient (Wildman–Crippen LogP) is 4.56. The number of fused-ring (bicyclic) bond motifs is 1. The van der Waals surface area contributed by atoms with Crippen LogP contribution < -0.4 is 20.1 Å². The summed E-state index contributed by atoms with van der Waals surface area (Å²) in [6.07, 6.45) is -0.397. The quantitative estimate of drug-likeness (QED) is 0.419. The molecule has 0 spiro atoms. The molecule has 9 heteroatoms. The number of hydrogen-bond acceptors (Lipinski definition) is 7. The van der Waals surface area contributed by atoms with Gasteiger partial charge >= 0.3 is 5.97 Å². The van der Waals surface area contributed by atoms with Gasteiger partial charge in [-0.05, 0) is 49.5 Å². The Balaban J connectivity index is 1.53. The molecule has 32 heavy (non-hydrogen) atoms. The third-order valence-electron chi connectivity index (χ3n) is 4.56. The van der Waals surface area contributed by atoms with Crippen LogP contribution in [0, 0.1) is 0 Å². The molecule has 1 aromatic heterocycles. The second-order valence-electron chi connectivity index (χ2n) is 6.75. The second-order valence-corrected chi connectivity index (χ2v) is 8.24. The molecule has 3 aromatic rings. The van der Waals surface area contributed by atoms with E-state index in [4.69, 9.17) is 26.4 Å². The van der Waals surface area contributed by atoms with Crippen LogP contribution in [0.5, 0.6) is 11.5 Å². The number of ether oxygens (including phenoxy) is 3. The molecule has 1 unspecified atom stereocenters. The van der Waals surface area contributed by atoms with Gasteiger partial charge in [-0.1, -0.05) is 30.3 Å². The van der Waals surface area contributed by atoms with Crippen LogP contribution in [0.3, 0.4) is 0 Å². The maximum atomic E-state index is 12.5. The van der Waals surface area contributed by atoms with Crippen molar-refractivity contribution in [3.05, 3.63) is 76.7 Å². The Kier molecular flexibility index (Phi) is 6.67. The number of anilines is 1. The summed E-state index contributed by atoms with van der Waals surface area (Å²) in [7, 11) is 0. The van der Waals surface area contributed by atoms with Crippen LogP contribution in [0.15, 0.2) is 60.7 Å². The van der Waals surface area contributed by atoms with Gasteiger partial charge in [0.2, 0.25) is 0 Å². The summed E-state index contributed by atoms with van der Waals surface area (Å²) in [5, 5.41) is 6.11. The molecule has 0 saturated heterocycles. The van der Waals surface area contributed by atoms with Gasteiger partial charge in [0.1, 0.15) is 11.6 Å². The number of thiophene rings is 1. The minimum absolute atomic E-state index is 0.0731. The average molecular weight is 469 g/mol. The van der Waals surface area contributed by atoms with Crippen molar-refractivity contribution in [1.82, 2.24) is 5.32 Å². The summed E-state index contributed by atoms with van der Waals surface area (Å²) in [6.45, 7) is 2.27. The first-order chi connectivity index (χ1) is 15.5. The van der Waals surface area contributed by atoms with Crippen molar-refractivity contribution in [1.29, 1.82) is 0 Å². The fourth-order valence-electron chi connectivity index (χ4n) is 3.08. The maximum absolute atomic E-state index is 12.5. The molecule has 0 radical (unpaired) electrons. The largest absolute Gasteiger partial charge is 0.485 e. The molecule has 1 aliphatic rings. The Labute approximate surface area is 194 Å². The van der Waals surface area contributed by atoms with Gasteiger partial charge < -0.3 is 19.5 Å². The van der Waals surface area contributed by atoms with Crippen LogP contribution in [0.25, 0.3) is 0 Å². The normalized spacial score (nSPS) is 14.3. The van der Waals surface area contributed by atoms with E-state index in [2.05, 4.69) is 10.6 Å². The van der Waals surface area contributed by atoms with E-state index in [1.54, 1.807) is 37.3 Å². The van der Waals surface area contributed by atoms with Gasteiger partial charge in [0, 0.05) is 5.56 Å². The Morgan fingerprint density at radius 3 is 2.59 bits per heavy atom. The zero-order chi connectivity index (χ0) is 22.5. The van der Waals surface area contributed by atoms with E-state index >= 15 is 0 Å². The highest BCUT2D eigenvalue weighted by atomic mass is 32.1. The van der Waals surface area contributed by atoms with E-state index in [9.17, 15) is 9.59 Å². The number of hydrogen-bond donors (Lipinski definition) is 2. The number of carbonyl (C=O) groups is 2. The predicted molar refractivity (Wildman–Crippen MR) is 126 cm³/mol. The molecule has 164 valence electrons. The van der Waals surface area contributed by atoms with Gasteiger partial charge in [-0.25, -0.2) is 4.79 Å². The summed E-state index contributed by atoms with van der Waals surface area (Å²) in [5.74, 6) is 0.467. The average Bonchev–Trinajstić information content (AvgIpc) is 3.23. The third-order valence-corrected chi connectivity index (χ3v) is 5.91. The lowest BCUT2D eigenvalue weighted by atomic mass is 10.2. The third kappa shape index (κ3) is 4.90. The van der Waals surface area contributed by atoms with Crippen molar-refractivity contribution < 1.29 is 23.8 Å². The number of nitrogens with one attached hydrogen (secondary N) is 2. The highest BCUT2D eigenvalue weighted by molar-refractivity contribution is 7.80. The van der Waals surface area contributed by atoms with Crippen molar-refractivity contribution in [2.24, 2.45) is 0 Å². The fourth-order valence-corrected chi connectivity index (χ4v) is 4.41. The molecule has 4 rings (SSSR count). The Bertz CT molecular complexity index is 1150. The first-order valence-electron chi connectivity index (χ1n) is 9.92. The second kappa shape index (κ2) is 9.80. The lowest BCUT2D eigenvalue weighted by Crippen LogP contribution is -2.34. The van der Waals surface area contributed by atoms with Crippen LogP contribution in [0.4, 0.5) is 5.00 Å². The number of rotatable bonds is 5. The standard InChI is InChI=1S/C23H20N2O5S2/c1-2-28-22(27)15-12-19(18-13-29-16-10-6-7-11-17(16)30-18)32-21(15)25-23(31)24-20(26)14-8-4-3-5-9-14/h3-12,18H,2,13H2,1H3,(H2,24,25,26,31). The maximum Gasteiger partial charge on any atom is 0.341 e. The Morgan fingerprint density at radius 2 is 1.84 bits per heavy atom. The van der Waals surface area contributed by atoms with Crippen LogP contribution in [-0.4, -0.2) is 30.2 Å². The molecule has 0 bridgehead atoms. The first-order valence-corrected chi connectivity index (χ1v) is 11.1. The minimum Gasteiger partial charge on any atom is -0.485 e. The van der Waals surface area contributed by atoms with E-state index in [-0.39, 0.29) is 17.6 Å². The number of thiocarbonyl (C=S) groups is 1. The summed E-state index contributed by atoms with van der Waals surface area (Å²) < 4.78 is 17.0. The molecule has 0 fully saturated rings. The van der Waals surface area contributed by atoms with Crippen molar-refractivity contribution >= 4 is 45.5 Å². The highest BCUT2D eigenvalue weighted by Crippen LogP contribution is 2.40. The van der Waals surface area contributed by atoms with Crippen molar-refractivity contribution in [3.8, 4) is 11.5 Å². The van der Waals surface area contributed by atoms with Gasteiger partial charge in [-0.3, -0.25) is 10.1 Å². The van der Waals surface area contributed by atoms with Gasteiger partial charge in [0.25, 0.3) is 5.91 Å². The molecule has 0 saturated carbocycles. The zero-order valence-electron chi connectivity index (χ0n) is 17.1. The minimum atomic E-state index is -0.494. The van der Waals surface area contributed by atoms with Crippen LogP contribution >= 0.6 is 23.6 Å². The summed E-state index contributed by atoms with van der Waals surface area (Å²) in [5.41, 5.74) is 0.783. The molecular formula is C23H20N2O5S2. The van der Waals surface area contributed by atoms with Gasteiger partial charge in [-0.2, -0.15) is 0 Å². The molecule has 1 amide bonds. The molecule has 2 aromatic carbocycles. The number of amides is 1. The number of para-hydroxylation sites is 2. The highest BCUT2D eigenvalue weighted by Gasteiger charge is 2.27. The molecule has 0 aliphatic carbocycles. The lowest BCUT2D eigenvalue weighted by Gasteiger charge is -2.25. The summed E-state index contributed by atoms with van der Waals surface area (Å²) in [4.78, 5) is 25.7. The fraction of sp³-hybridized carbons (Fsp3) is 0.174. The smallest absolute Gasteiger partial charge is 0.341 e. The molecule has 7 nitrogen and oxygen atoms in total. The molecule has 1 aliphatic heterocycles. The van der Waals surface area contributed by atoms with Crippen molar-refractivity contribution in [2.75, 3.05) is 18.5 Å². The Morgan fingerprint density at radius 1 is 1.12 bits per heavy atom. The molecule has 1 atom stereocenters. The van der Waals surface area contributed by atoms with Crippen molar-refractivity contribution in [3.63, 3.8) is 0 Å². The number of carbonyl (C=O) groups excluding carboxylic acids is 2. The van der Waals surface area contributed by atoms with Crippen molar-refractivity contribution in [2.45, 2.75) is 13.0 Å².